The van der Waals surface area contributed by atoms with Gasteiger partial charge in [0, 0.05) is 35.6 Å². The molecule has 1 atom stereocenters. The molecule has 3 aromatic carbocycles. The van der Waals surface area contributed by atoms with Crippen LogP contribution in [0.25, 0.3) is 11.1 Å². The molecule has 0 bridgehead atoms. The number of aryl methyl sites for hydroxylation is 1. The summed E-state index contributed by atoms with van der Waals surface area (Å²) < 4.78 is 17.5. The van der Waals surface area contributed by atoms with Crippen molar-refractivity contribution in [2.24, 2.45) is 5.92 Å². The van der Waals surface area contributed by atoms with Crippen molar-refractivity contribution in [2.45, 2.75) is 31.1 Å². The zero-order chi connectivity index (χ0) is 27.5. The molecule has 1 heterocycles. The molecular weight excluding hydrogens is 556 g/mol. The molecule has 0 radical (unpaired) electrons. The Kier molecular flexibility index (Phi) is 8.98. The second-order valence-electron chi connectivity index (χ2n) is 10.3. The molecule has 0 aromatic heterocycles. The maximum atomic E-state index is 12.5. The van der Waals surface area contributed by atoms with E-state index in [1.807, 2.05) is 30.3 Å². The average molecular weight is 587 g/mol. The predicted octanol–water partition coefficient (Wildman–Crippen LogP) is 8.65. The summed E-state index contributed by atoms with van der Waals surface area (Å²) in [6.45, 7) is 2.31. The lowest BCUT2D eigenvalue weighted by molar-refractivity contribution is 0.0600. The third-order valence-corrected chi connectivity index (χ3v) is 8.91. The number of alkyl halides is 2. The standard InChI is InChI=1S/C32H31Cl3FNO2/c1-39-32(38)23-10-12-26-22(16-23)4-2-5-28(27-13-11-25(33)17-29(27)34)30(26)20-6-8-21(9-7-20)31(35)24-18-37(19-24)15-3-14-36/h6-13,16-17,24,31H,2-5,14-15,18-19H2,1H3. The lowest BCUT2D eigenvalue weighted by Gasteiger charge is -2.41. The Morgan fingerprint density at radius 1 is 1.03 bits per heavy atom. The fraction of sp³-hybridized carbons (Fsp3) is 0.344. The van der Waals surface area contributed by atoms with Crippen LogP contribution in [0.5, 0.6) is 0 Å². The van der Waals surface area contributed by atoms with Gasteiger partial charge in [0.1, 0.15) is 0 Å². The SMILES string of the molecule is COC(=O)c1ccc2c(c1)CCCC(c1ccc(Cl)cc1Cl)=C2c1ccc(C(Cl)C2CN(CCCF)C2)cc1. The second kappa shape index (κ2) is 12.4. The van der Waals surface area contributed by atoms with Crippen molar-refractivity contribution in [1.29, 1.82) is 0 Å². The van der Waals surface area contributed by atoms with Crippen LogP contribution in [-0.4, -0.2) is 44.3 Å². The molecule has 1 unspecified atom stereocenters. The van der Waals surface area contributed by atoms with E-state index in [2.05, 4.69) is 29.2 Å². The molecule has 7 heteroatoms. The molecule has 3 aromatic rings. The molecule has 1 saturated heterocycles. The summed E-state index contributed by atoms with van der Waals surface area (Å²) in [6.07, 6.45) is 3.15. The van der Waals surface area contributed by atoms with E-state index >= 15 is 0 Å². The second-order valence-corrected chi connectivity index (χ2v) is 11.6. The number of rotatable bonds is 8. The van der Waals surface area contributed by atoms with Crippen LogP contribution >= 0.6 is 34.8 Å². The van der Waals surface area contributed by atoms with Crippen molar-refractivity contribution in [3.05, 3.63) is 104 Å². The van der Waals surface area contributed by atoms with Gasteiger partial charge in [0.25, 0.3) is 0 Å². The molecule has 0 saturated carbocycles. The summed E-state index contributed by atoms with van der Waals surface area (Å²) in [5.74, 6) is 0.0143. The first kappa shape index (κ1) is 28.2. The third-order valence-electron chi connectivity index (χ3n) is 7.75. The molecule has 0 N–H and O–H groups in total. The summed E-state index contributed by atoms with van der Waals surface area (Å²) in [5.41, 5.74) is 8.09. The van der Waals surface area contributed by atoms with Crippen LogP contribution in [0.15, 0.2) is 60.7 Å². The summed E-state index contributed by atoms with van der Waals surface area (Å²) in [5, 5.41) is 1.12. The van der Waals surface area contributed by atoms with Gasteiger partial charge in [-0.25, -0.2) is 4.79 Å². The van der Waals surface area contributed by atoms with E-state index in [1.54, 1.807) is 6.07 Å². The number of carbonyl (C=O) groups excluding carboxylic acids is 1. The first-order valence-corrected chi connectivity index (χ1v) is 14.5. The van der Waals surface area contributed by atoms with E-state index in [0.29, 0.717) is 27.9 Å². The summed E-state index contributed by atoms with van der Waals surface area (Å²) in [4.78, 5) is 14.5. The molecule has 1 fully saturated rings. The minimum atomic E-state index is -0.342. The molecule has 2 aliphatic rings. The van der Waals surface area contributed by atoms with Gasteiger partial charge in [0.15, 0.2) is 0 Å². The molecule has 0 amide bonds. The van der Waals surface area contributed by atoms with Crippen molar-refractivity contribution >= 4 is 51.9 Å². The van der Waals surface area contributed by atoms with Gasteiger partial charge < -0.3 is 9.64 Å². The van der Waals surface area contributed by atoms with E-state index in [-0.39, 0.29) is 18.0 Å². The van der Waals surface area contributed by atoms with Crippen molar-refractivity contribution in [2.75, 3.05) is 33.4 Å². The van der Waals surface area contributed by atoms with Gasteiger partial charge in [-0.15, -0.1) is 11.6 Å². The van der Waals surface area contributed by atoms with Crippen molar-refractivity contribution in [3.63, 3.8) is 0 Å². The lowest BCUT2D eigenvalue weighted by Crippen LogP contribution is -2.48. The number of hydrogen-bond acceptors (Lipinski definition) is 3. The van der Waals surface area contributed by atoms with Crippen LogP contribution in [0.4, 0.5) is 4.39 Å². The molecule has 5 rings (SSSR count). The van der Waals surface area contributed by atoms with E-state index in [4.69, 9.17) is 39.5 Å². The fourth-order valence-corrected chi connectivity index (χ4v) is 6.56. The largest absolute Gasteiger partial charge is 0.465 e. The summed E-state index contributed by atoms with van der Waals surface area (Å²) in [6, 6.07) is 19.9. The number of allylic oxidation sites excluding steroid dienone is 1. The zero-order valence-electron chi connectivity index (χ0n) is 21.9. The number of methoxy groups -OCH3 is 1. The Labute approximate surface area is 244 Å². The highest BCUT2D eigenvalue weighted by molar-refractivity contribution is 6.36. The smallest absolute Gasteiger partial charge is 0.337 e. The van der Waals surface area contributed by atoms with Crippen LogP contribution in [0.1, 0.15) is 62.8 Å². The van der Waals surface area contributed by atoms with Gasteiger partial charge in [0.05, 0.1) is 24.7 Å². The monoisotopic (exact) mass is 585 g/mol. The van der Waals surface area contributed by atoms with Crippen LogP contribution in [0.3, 0.4) is 0 Å². The number of ether oxygens (including phenoxy) is 1. The van der Waals surface area contributed by atoms with Crippen molar-refractivity contribution in [3.8, 4) is 0 Å². The lowest BCUT2D eigenvalue weighted by atomic mass is 9.86. The third kappa shape index (κ3) is 6.05. The van der Waals surface area contributed by atoms with Gasteiger partial charge in [0.2, 0.25) is 0 Å². The summed E-state index contributed by atoms with van der Waals surface area (Å²) >= 11 is 19.8. The highest BCUT2D eigenvalue weighted by Crippen LogP contribution is 2.43. The predicted molar refractivity (Wildman–Crippen MR) is 159 cm³/mol. The van der Waals surface area contributed by atoms with Crippen LogP contribution in [-0.2, 0) is 11.2 Å². The van der Waals surface area contributed by atoms with Crippen molar-refractivity contribution < 1.29 is 13.9 Å². The van der Waals surface area contributed by atoms with Crippen LogP contribution in [0, 0.1) is 5.92 Å². The number of nitrogens with zero attached hydrogens (tertiary/aromatic N) is 1. The van der Waals surface area contributed by atoms with Crippen molar-refractivity contribution in [1.82, 2.24) is 4.90 Å². The topological polar surface area (TPSA) is 29.5 Å². The molecule has 3 nitrogen and oxygen atoms in total. The number of hydrogen-bond donors (Lipinski definition) is 0. The van der Waals surface area contributed by atoms with E-state index in [9.17, 15) is 9.18 Å². The number of benzene rings is 3. The molecule has 1 aliphatic heterocycles. The molecule has 204 valence electrons. The molecular formula is C32H31Cl3FNO2. The Bertz CT molecular complexity index is 1380. The normalized spacial score (nSPS) is 16.8. The molecule has 39 heavy (non-hydrogen) atoms. The number of likely N-dealkylation sites (tertiary alicyclic amines) is 1. The van der Waals surface area contributed by atoms with Gasteiger partial charge in [-0.05, 0) is 88.9 Å². The maximum Gasteiger partial charge on any atom is 0.337 e. The fourth-order valence-electron chi connectivity index (χ4n) is 5.73. The van der Waals surface area contributed by atoms with E-state index in [0.717, 1.165) is 77.9 Å². The Morgan fingerprint density at radius 2 is 1.77 bits per heavy atom. The Morgan fingerprint density at radius 3 is 2.46 bits per heavy atom. The zero-order valence-corrected chi connectivity index (χ0v) is 24.1. The maximum absolute atomic E-state index is 12.5. The highest BCUT2D eigenvalue weighted by Gasteiger charge is 2.33. The van der Waals surface area contributed by atoms with Gasteiger partial charge in [-0.1, -0.05) is 59.6 Å². The minimum Gasteiger partial charge on any atom is -0.465 e. The van der Waals surface area contributed by atoms with Gasteiger partial charge in [-0.2, -0.15) is 0 Å². The Hall–Kier alpha value is -2.37. The number of halogens is 4. The van der Waals surface area contributed by atoms with E-state index in [1.165, 1.54) is 7.11 Å². The first-order chi connectivity index (χ1) is 18.9. The molecule has 0 spiro atoms. The van der Waals surface area contributed by atoms with E-state index < -0.39 is 0 Å². The van der Waals surface area contributed by atoms with Gasteiger partial charge in [-0.3, -0.25) is 4.39 Å². The summed E-state index contributed by atoms with van der Waals surface area (Å²) in [7, 11) is 1.40. The van der Waals surface area contributed by atoms with Crippen LogP contribution in [0.2, 0.25) is 10.0 Å². The molecule has 1 aliphatic carbocycles. The number of fused-ring (bicyclic) bond motifs is 1. The van der Waals surface area contributed by atoms with Crippen LogP contribution < -0.4 is 0 Å². The average Bonchev–Trinajstić information content (AvgIpc) is 3.11. The number of carbonyl (C=O) groups is 1. The minimum absolute atomic E-state index is 0.0936. The quantitative estimate of drug-likeness (QED) is 0.195. The van der Waals surface area contributed by atoms with Gasteiger partial charge >= 0.3 is 5.97 Å². The Balaban J connectivity index is 1.53. The highest BCUT2D eigenvalue weighted by atomic mass is 35.5. The first-order valence-electron chi connectivity index (χ1n) is 13.3. The number of esters is 1.